The summed E-state index contributed by atoms with van der Waals surface area (Å²) in [5.41, 5.74) is 7.28. The SMILES string of the molecule is CC.COCCn1c(Cc2ccc(-c3cccc(OCc4ccc(C)cc4F)n3)cc2-c2ccn[nH]2)nc2ccc(C(=O)O)cc21. The van der Waals surface area contributed by atoms with E-state index in [2.05, 4.69) is 10.2 Å². The van der Waals surface area contributed by atoms with Gasteiger partial charge in [0.1, 0.15) is 18.2 Å². The van der Waals surface area contributed by atoms with Gasteiger partial charge in [-0.1, -0.05) is 44.2 Å². The number of rotatable bonds is 11. The van der Waals surface area contributed by atoms with Gasteiger partial charge < -0.3 is 19.1 Å². The van der Waals surface area contributed by atoms with E-state index in [9.17, 15) is 14.3 Å². The quantitative estimate of drug-likeness (QED) is 0.154. The van der Waals surface area contributed by atoms with E-state index < -0.39 is 5.97 Å². The second kappa shape index (κ2) is 14.6. The first-order chi connectivity index (χ1) is 22.4. The van der Waals surface area contributed by atoms with Crippen LogP contribution >= 0.6 is 0 Å². The molecular weight excluding hydrogens is 585 g/mol. The number of nitrogens with one attached hydrogen (secondary N) is 1. The number of hydrogen-bond donors (Lipinski definition) is 2. The topological polar surface area (TPSA) is 115 Å². The van der Waals surface area contributed by atoms with Crippen molar-refractivity contribution < 1.29 is 23.8 Å². The summed E-state index contributed by atoms with van der Waals surface area (Å²) in [4.78, 5) is 21.2. The van der Waals surface area contributed by atoms with Crippen molar-refractivity contribution in [1.82, 2.24) is 24.7 Å². The molecule has 0 aliphatic rings. The number of ether oxygens (including phenoxy) is 2. The first-order valence-corrected chi connectivity index (χ1v) is 15.1. The van der Waals surface area contributed by atoms with Gasteiger partial charge in [0.05, 0.1) is 34.6 Å². The van der Waals surface area contributed by atoms with Crippen LogP contribution in [0.5, 0.6) is 5.88 Å². The van der Waals surface area contributed by atoms with E-state index in [1.807, 2.05) is 67.8 Å². The van der Waals surface area contributed by atoms with Crippen molar-refractivity contribution in [3.63, 3.8) is 0 Å². The molecule has 0 fully saturated rings. The number of aromatic carboxylic acids is 1. The molecule has 0 aliphatic heterocycles. The number of pyridine rings is 1. The number of fused-ring (bicyclic) bond motifs is 1. The smallest absolute Gasteiger partial charge is 0.335 e. The van der Waals surface area contributed by atoms with Crippen molar-refractivity contribution in [3.8, 4) is 28.4 Å². The van der Waals surface area contributed by atoms with Gasteiger partial charge in [-0.05, 0) is 60.5 Å². The lowest BCUT2D eigenvalue weighted by molar-refractivity contribution is 0.0697. The second-order valence-electron chi connectivity index (χ2n) is 10.4. The molecule has 236 valence electrons. The Labute approximate surface area is 266 Å². The van der Waals surface area contributed by atoms with Crippen LogP contribution in [-0.4, -0.2) is 49.5 Å². The molecule has 9 nitrogen and oxygen atoms in total. The van der Waals surface area contributed by atoms with Crippen molar-refractivity contribution in [1.29, 1.82) is 0 Å². The largest absolute Gasteiger partial charge is 0.478 e. The molecule has 0 atom stereocenters. The minimum atomic E-state index is -0.990. The van der Waals surface area contributed by atoms with Crippen molar-refractivity contribution in [2.75, 3.05) is 13.7 Å². The minimum absolute atomic E-state index is 0.0684. The Bertz CT molecular complexity index is 1950. The zero-order valence-electron chi connectivity index (χ0n) is 26.3. The van der Waals surface area contributed by atoms with E-state index in [4.69, 9.17) is 19.4 Å². The monoisotopic (exact) mass is 621 g/mol. The van der Waals surface area contributed by atoms with Crippen molar-refractivity contribution in [2.45, 2.75) is 40.3 Å². The molecule has 6 aromatic rings. The zero-order valence-corrected chi connectivity index (χ0v) is 26.3. The number of methoxy groups -OCH3 is 1. The van der Waals surface area contributed by atoms with E-state index in [1.54, 1.807) is 43.6 Å². The van der Waals surface area contributed by atoms with Crippen LogP contribution in [0.15, 0.2) is 85.1 Å². The summed E-state index contributed by atoms with van der Waals surface area (Å²) in [6.45, 7) is 6.88. The molecule has 0 radical (unpaired) electrons. The van der Waals surface area contributed by atoms with Gasteiger partial charge in [-0.3, -0.25) is 5.10 Å². The number of carboxylic acids is 1. The maximum absolute atomic E-state index is 14.3. The van der Waals surface area contributed by atoms with Crippen molar-refractivity contribution >= 4 is 17.0 Å². The van der Waals surface area contributed by atoms with Crippen molar-refractivity contribution in [2.24, 2.45) is 0 Å². The van der Waals surface area contributed by atoms with Crippen LogP contribution < -0.4 is 4.74 Å². The number of carbonyl (C=O) groups is 1. The van der Waals surface area contributed by atoms with Gasteiger partial charge in [0, 0.05) is 49.0 Å². The molecule has 0 spiro atoms. The molecule has 6 rings (SSSR count). The molecule has 0 unspecified atom stereocenters. The number of benzene rings is 3. The highest BCUT2D eigenvalue weighted by Crippen LogP contribution is 2.31. The van der Waals surface area contributed by atoms with Gasteiger partial charge in [-0.25, -0.2) is 19.2 Å². The third-order valence-corrected chi connectivity index (χ3v) is 7.45. The van der Waals surface area contributed by atoms with Gasteiger partial charge in [-0.2, -0.15) is 5.10 Å². The Kier molecular flexibility index (Phi) is 10.2. The number of carboxylic acid groups (broad SMARTS) is 1. The third-order valence-electron chi connectivity index (χ3n) is 7.45. The number of aromatic nitrogens is 5. The second-order valence-corrected chi connectivity index (χ2v) is 10.4. The fourth-order valence-corrected chi connectivity index (χ4v) is 5.17. The van der Waals surface area contributed by atoms with Gasteiger partial charge in [-0.15, -0.1) is 0 Å². The molecule has 3 aromatic heterocycles. The van der Waals surface area contributed by atoms with Gasteiger partial charge in [0.2, 0.25) is 5.88 Å². The maximum Gasteiger partial charge on any atom is 0.335 e. The lowest BCUT2D eigenvalue weighted by Gasteiger charge is -2.13. The summed E-state index contributed by atoms with van der Waals surface area (Å²) >= 11 is 0. The van der Waals surface area contributed by atoms with Crippen LogP contribution in [0, 0.1) is 12.7 Å². The highest BCUT2D eigenvalue weighted by atomic mass is 19.1. The molecule has 0 bridgehead atoms. The minimum Gasteiger partial charge on any atom is -0.478 e. The molecule has 0 saturated heterocycles. The highest BCUT2D eigenvalue weighted by molar-refractivity contribution is 5.92. The van der Waals surface area contributed by atoms with Crippen LogP contribution in [0.4, 0.5) is 4.39 Å². The molecule has 3 aromatic carbocycles. The number of imidazole rings is 1. The normalized spacial score (nSPS) is 10.9. The zero-order chi connectivity index (χ0) is 32.6. The lowest BCUT2D eigenvalue weighted by atomic mass is 9.97. The molecule has 10 heteroatoms. The molecule has 0 amide bonds. The summed E-state index contributed by atoms with van der Waals surface area (Å²) in [5, 5.41) is 16.8. The summed E-state index contributed by atoms with van der Waals surface area (Å²) < 4.78 is 27.5. The molecule has 0 aliphatic carbocycles. The molecule has 46 heavy (non-hydrogen) atoms. The predicted octanol–water partition coefficient (Wildman–Crippen LogP) is 7.48. The number of hydrogen-bond acceptors (Lipinski definition) is 6. The first kappa shape index (κ1) is 32.1. The Morgan fingerprint density at radius 1 is 0.978 bits per heavy atom. The number of aromatic amines is 1. The van der Waals surface area contributed by atoms with Gasteiger partial charge in [0.15, 0.2) is 0 Å². The summed E-state index contributed by atoms with van der Waals surface area (Å²) in [5.74, 6) is -0.123. The fourth-order valence-electron chi connectivity index (χ4n) is 5.17. The van der Waals surface area contributed by atoms with E-state index in [0.29, 0.717) is 42.2 Å². The standard InChI is InChI=1S/C34H30FN5O4.C2H6/c1-21-6-7-25(27(35)16-21)20-44-33-5-3-4-28(38-33)23-9-8-22(26(17-23)29-12-13-36-39-29)19-32-37-30-11-10-24(34(41)42)18-31(30)40(32)14-15-43-2;1-2/h3-13,16-18H,14-15,19-20H2,1-2H3,(H,36,39)(H,41,42);1-2H3. The van der Waals surface area contributed by atoms with Crippen LogP contribution in [0.2, 0.25) is 0 Å². The van der Waals surface area contributed by atoms with E-state index >= 15 is 0 Å². The molecule has 3 heterocycles. The van der Waals surface area contributed by atoms with Gasteiger partial charge >= 0.3 is 5.97 Å². The van der Waals surface area contributed by atoms with Crippen LogP contribution in [0.1, 0.15) is 46.7 Å². The first-order valence-electron chi connectivity index (χ1n) is 15.1. The fraction of sp³-hybridized carbons (Fsp3) is 0.222. The number of nitrogens with zero attached hydrogens (tertiary/aromatic N) is 4. The van der Waals surface area contributed by atoms with Crippen LogP contribution in [-0.2, 0) is 24.3 Å². The summed E-state index contributed by atoms with van der Waals surface area (Å²) in [6.07, 6.45) is 2.18. The summed E-state index contributed by atoms with van der Waals surface area (Å²) in [6, 6.07) is 23.5. The Hall–Kier alpha value is -5.35. The molecule has 0 saturated carbocycles. The average molecular weight is 622 g/mol. The molecule has 2 N–H and O–H groups in total. The lowest BCUT2D eigenvalue weighted by Crippen LogP contribution is -2.10. The number of halogens is 1. The highest BCUT2D eigenvalue weighted by Gasteiger charge is 2.17. The molecular formula is C36H36FN5O4. The predicted molar refractivity (Wildman–Crippen MR) is 175 cm³/mol. The number of aryl methyl sites for hydroxylation is 1. The van der Waals surface area contributed by atoms with Crippen molar-refractivity contribution in [3.05, 3.63) is 119 Å². The maximum atomic E-state index is 14.3. The van der Waals surface area contributed by atoms with E-state index in [1.165, 1.54) is 6.07 Å². The average Bonchev–Trinajstić information content (AvgIpc) is 3.72. The Morgan fingerprint density at radius 2 is 1.80 bits per heavy atom. The van der Waals surface area contributed by atoms with Crippen LogP contribution in [0.25, 0.3) is 33.5 Å². The Balaban J connectivity index is 0.00000204. The third kappa shape index (κ3) is 7.13. The summed E-state index contributed by atoms with van der Waals surface area (Å²) in [7, 11) is 1.63. The van der Waals surface area contributed by atoms with E-state index in [-0.39, 0.29) is 18.0 Å². The van der Waals surface area contributed by atoms with E-state index in [0.717, 1.165) is 39.3 Å². The Morgan fingerprint density at radius 3 is 2.54 bits per heavy atom. The van der Waals surface area contributed by atoms with Crippen LogP contribution in [0.3, 0.4) is 0 Å². The number of H-pyrrole nitrogens is 1. The van der Waals surface area contributed by atoms with Gasteiger partial charge in [0.25, 0.3) is 0 Å².